The number of hydrogen-bond donors (Lipinski definition) is 0. The molecule has 0 aromatic heterocycles. The highest BCUT2D eigenvalue weighted by Gasteiger charge is 2.35. The molecule has 0 spiro atoms. The van der Waals surface area contributed by atoms with Crippen LogP contribution in [0.15, 0.2) is 24.3 Å². The molecule has 25 heavy (non-hydrogen) atoms. The molecule has 5 nitrogen and oxygen atoms in total. The fourth-order valence-electron chi connectivity index (χ4n) is 3.36. The lowest BCUT2D eigenvalue weighted by molar-refractivity contribution is 0.204. The smallest absolute Gasteiger partial charge is 0.282 e. The van der Waals surface area contributed by atoms with Crippen LogP contribution >= 0.6 is 0 Å². The van der Waals surface area contributed by atoms with Gasteiger partial charge in [-0.05, 0) is 38.4 Å². The van der Waals surface area contributed by atoms with E-state index in [2.05, 4.69) is 13.8 Å². The van der Waals surface area contributed by atoms with E-state index in [0.29, 0.717) is 43.6 Å². The molecule has 2 rings (SSSR count). The van der Waals surface area contributed by atoms with Crippen LogP contribution in [0.2, 0.25) is 0 Å². The quantitative estimate of drug-likeness (QED) is 0.739. The Hall–Kier alpha value is -1.02. The van der Waals surface area contributed by atoms with Crippen molar-refractivity contribution < 1.29 is 12.8 Å². The van der Waals surface area contributed by atoms with E-state index in [4.69, 9.17) is 0 Å². The maximum Gasteiger partial charge on any atom is 0.282 e. The minimum absolute atomic E-state index is 0.0576. The van der Waals surface area contributed by atoms with E-state index in [9.17, 15) is 12.8 Å². The van der Waals surface area contributed by atoms with Crippen molar-refractivity contribution in [1.82, 2.24) is 13.5 Å². The third kappa shape index (κ3) is 5.48. The van der Waals surface area contributed by atoms with Gasteiger partial charge in [-0.15, -0.1) is 0 Å². The summed E-state index contributed by atoms with van der Waals surface area (Å²) in [6, 6.07) is 6.37. The van der Waals surface area contributed by atoms with Gasteiger partial charge in [0.2, 0.25) is 0 Å². The third-order valence-corrected chi connectivity index (χ3v) is 6.50. The molecule has 1 aromatic rings. The summed E-state index contributed by atoms with van der Waals surface area (Å²) in [5.74, 6) is 0.304. The molecule has 0 bridgehead atoms. The fourth-order valence-corrected chi connectivity index (χ4v) is 5.19. The van der Waals surface area contributed by atoms with Crippen LogP contribution in [0.4, 0.5) is 4.39 Å². The summed E-state index contributed by atoms with van der Waals surface area (Å²) in [4.78, 5) is 1.94. The van der Waals surface area contributed by atoms with Crippen LogP contribution in [0.25, 0.3) is 0 Å². The summed E-state index contributed by atoms with van der Waals surface area (Å²) < 4.78 is 43.5. The number of nitrogens with zero attached hydrogens (tertiary/aromatic N) is 3. The lowest BCUT2D eigenvalue weighted by Gasteiger charge is -2.37. The first-order valence-electron chi connectivity index (χ1n) is 8.83. The minimum Gasteiger partial charge on any atom is -0.308 e. The number of benzene rings is 1. The maximum atomic E-state index is 14.1. The maximum absolute atomic E-state index is 14.1. The van der Waals surface area contributed by atoms with Gasteiger partial charge in [0, 0.05) is 38.3 Å². The zero-order chi connectivity index (χ0) is 18.6. The molecule has 1 aromatic carbocycles. The highest BCUT2D eigenvalue weighted by molar-refractivity contribution is 7.86. The van der Waals surface area contributed by atoms with Gasteiger partial charge in [0.25, 0.3) is 10.2 Å². The lowest BCUT2D eigenvalue weighted by Crippen LogP contribution is -2.50. The van der Waals surface area contributed by atoms with E-state index in [1.807, 2.05) is 19.0 Å². The van der Waals surface area contributed by atoms with Gasteiger partial charge in [-0.1, -0.05) is 32.0 Å². The van der Waals surface area contributed by atoms with Gasteiger partial charge >= 0.3 is 0 Å². The minimum atomic E-state index is -3.63. The SMILES string of the molecule is CC1CC(C)CN(S(=O)(=O)N(CCN(C)C)Cc2ccccc2F)C1. The summed E-state index contributed by atoms with van der Waals surface area (Å²) >= 11 is 0. The number of piperidine rings is 1. The Bertz CT molecular complexity index is 656. The van der Waals surface area contributed by atoms with E-state index < -0.39 is 10.2 Å². The molecule has 1 aliphatic rings. The molecule has 1 aliphatic heterocycles. The Morgan fingerprint density at radius 2 is 1.72 bits per heavy atom. The molecule has 2 atom stereocenters. The average Bonchev–Trinajstić information content (AvgIpc) is 2.51. The molecule has 0 amide bonds. The van der Waals surface area contributed by atoms with Crippen molar-refractivity contribution in [3.63, 3.8) is 0 Å². The van der Waals surface area contributed by atoms with Crippen molar-refractivity contribution in [2.24, 2.45) is 11.8 Å². The van der Waals surface area contributed by atoms with Gasteiger partial charge in [0.05, 0.1) is 0 Å². The van der Waals surface area contributed by atoms with Crippen molar-refractivity contribution in [2.45, 2.75) is 26.8 Å². The van der Waals surface area contributed by atoms with Crippen LogP contribution in [-0.2, 0) is 16.8 Å². The largest absolute Gasteiger partial charge is 0.308 e. The first-order valence-corrected chi connectivity index (χ1v) is 10.2. The molecule has 0 radical (unpaired) electrons. The predicted molar refractivity (Wildman–Crippen MR) is 98.8 cm³/mol. The van der Waals surface area contributed by atoms with E-state index in [0.717, 1.165) is 6.42 Å². The molecule has 1 saturated heterocycles. The molecule has 0 aliphatic carbocycles. The number of halogens is 1. The Balaban J connectivity index is 2.25. The third-order valence-electron chi connectivity index (χ3n) is 4.59. The van der Waals surface area contributed by atoms with Crippen LogP contribution < -0.4 is 0 Å². The zero-order valence-electron chi connectivity index (χ0n) is 15.7. The zero-order valence-corrected chi connectivity index (χ0v) is 16.5. The first-order chi connectivity index (χ1) is 11.7. The molecule has 2 unspecified atom stereocenters. The number of likely N-dealkylation sites (N-methyl/N-ethyl adjacent to an activating group) is 1. The fraction of sp³-hybridized carbons (Fsp3) is 0.667. The van der Waals surface area contributed by atoms with Gasteiger partial charge < -0.3 is 4.90 Å². The summed E-state index contributed by atoms with van der Waals surface area (Å²) in [5.41, 5.74) is 0.405. The van der Waals surface area contributed by atoms with E-state index in [-0.39, 0.29) is 12.4 Å². The molecule has 1 heterocycles. The van der Waals surface area contributed by atoms with E-state index >= 15 is 0 Å². The van der Waals surface area contributed by atoms with Crippen LogP contribution in [0, 0.1) is 17.7 Å². The molecule has 0 saturated carbocycles. The second-order valence-electron chi connectivity index (χ2n) is 7.50. The van der Waals surface area contributed by atoms with Crippen LogP contribution in [0.5, 0.6) is 0 Å². The van der Waals surface area contributed by atoms with Crippen molar-refractivity contribution in [1.29, 1.82) is 0 Å². The normalized spacial score (nSPS) is 22.7. The van der Waals surface area contributed by atoms with Crippen molar-refractivity contribution in [2.75, 3.05) is 40.3 Å². The second kappa shape index (κ2) is 8.58. The summed E-state index contributed by atoms with van der Waals surface area (Å²) in [5, 5.41) is 0. The van der Waals surface area contributed by atoms with Gasteiger partial charge in [-0.2, -0.15) is 17.0 Å². The van der Waals surface area contributed by atoms with Crippen molar-refractivity contribution in [3.05, 3.63) is 35.6 Å². The first kappa shape index (κ1) is 20.3. The van der Waals surface area contributed by atoms with E-state index in [1.165, 1.54) is 10.4 Å². The Morgan fingerprint density at radius 1 is 1.12 bits per heavy atom. The summed E-state index contributed by atoms with van der Waals surface area (Å²) in [6.45, 7) is 6.21. The monoisotopic (exact) mass is 371 g/mol. The number of hydrogen-bond acceptors (Lipinski definition) is 3. The van der Waals surface area contributed by atoms with Gasteiger partial charge in [0.1, 0.15) is 5.82 Å². The van der Waals surface area contributed by atoms with Crippen LogP contribution in [0.3, 0.4) is 0 Å². The highest BCUT2D eigenvalue weighted by Crippen LogP contribution is 2.25. The molecule has 7 heteroatoms. The van der Waals surface area contributed by atoms with Crippen LogP contribution in [-0.4, -0.2) is 62.2 Å². The Kier molecular flexibility index (Phi) is 6.96. The van der Waals surface area contributed by atoms with E-state index in [1.54, 1.807) is 22.5 Å². The highest BCUT2D eigenvalue weighted by atomic mass is 32.2. The number of rotatable bonds is 7. The molecule has 1 fully saturated rings. The van der Waals surface area contributed by atoms with Gasteiger partial charge in [-0.25, -0.2) is 4.39 Å². The average molecular weight is 372 g/mol. The van der Waals surface area contributed by atoms with Crippen molar-refractivity contribution >= 4 is 10.2 Å². The van der Waals surface area contributed by atoms with Gasteiger partial charge in [0.15, 0.2) is 0 Å². The summed E-state index contributed by atoms with van der Waals surface area (Å²) in [6.07, 6.45) is 1.04. The topological polar surface area (TPSA) is 43.9 Å². The standard InChI is InChI=1S/C18H30FN3O2S/c1-15-11-16(2)13-22(12-15)25(23,24)21(10-9-20(3)4)14-17-7-5-6-8-18(17)19/h5-8,15-16H,9-14H2,1-4H3. The Labute approximate surface area is 151 Å². The second-order valence-corrected chi connectivity index (χ2v) is 9.43. The molecular weight excluding hydrogens is 341 g/mol. The Morgan fingerprint density at radius 3 is 2.28 bits per heavy atom. The van der Waals surface area contributed by atoms with Gasteiger partial charge in [-0.3, -0.25) is 0 Å². The van der Waals surface area contributed by atoms with Crippen LogP contribution in [0.1, 0.15) is 25.8 Å². The molecular formula is C18H30FN3O2S. The molecule has 142 valence electrons. The predicted octanol–water partition coefficient (Wildman–Crippen LogP) is 2.41. The summed E-state index contributed by atoms with van der Waals surface area (Å²) in [7, 11) is 0.176. The molecule has 0 N–H and O–H groups in total. The lowest BCUT2D eigenvalue weighted by atomic mass is 9.94. The van der Waals surface area contributed by atoms with Crippen molar-refractivity contribution in [3.8, 4) is 0 Å².